The van der Waals surface area contributed by atoms with Crippen molar-refractivity contribution in [3.63, 3.8) is 0 Å². The van der Waals surface area contributed by atoms with Crippen LogP contribution in [0.4, 0.5) is 11.4 Å². The van der Waals surface area contributed by atoms with E-state index in [9.17, 15) is 0 Å². The van der Waals surface area contributed by atoms with Crippen molar-refractivity contribution in [2.24, 2.45) is 5.73 Å². The summed E-state index contributed by atoms with van der Waals surface area (Å²) in [5, 5.41) is 9.30. The summed E-state index contributed by atoms with van der Waals surface area (Å²) in [4.78, 5) is 4.00. The van der Waals surface area contributed by atoms with Gasteiger partial charge in [-0.1, -0.05) is 0 Å². The second-order valence-electron chi connectivity index (χ2n) is 4.33. The molecule has 0 unspecified atom stereocenters. The van der Waals surface area contributed by atoms with Gasteiger partial charge in [-0.25, -0.2) is 0 Å². The van der Waals surface area contributed by atoms with Gasteiger partial charge in [0.05, 0.1) is 19.8 Å². The minimum atomic E-state index is 0.0164. The molecule has 2 rings (SSSR count). The summed E-state index contributed by atoms with van der Waals surface area (Å²) in [6.45, 7) is 3.79. The molecular weight excluding hydrogens is 262 g/mol. The number of nitrogens with zero attached hydrogens (tertiary/aromatic N) is 2. The zero-order valence-electron chi connectivity index (χ0n) is 10.8. The van der Waals surface area contributed by atoms with Crippen LogP contribution < -0.4 is 15.5 Å². The van der Waals surface area contributed by atoms with Crippen molar-refractivity contribution in [2.75, 3.05) is 49.3 Å². The number of nitrogens with two attached hydrogens (primary N) is 1. The van der Waals surface area contributed by atoms with Crippen molar-refractivity contribution in [3.05, 3.63) is 24.3 Å². The summed E-state index contributed by atoms with van der Waals surface area (Å²) in [7, 11) is 0. The van der Waals surface area contributed by atoms with Crippen LogP contribution in [0, 0.1) is 0 Å². The fraction of sp³-hybridized carbons (Fsp3) is 0.462. The summed E-state index contributed by atoms with van der Waals surface area (Å²) in [6, 6.07) is 8.03. The van der Waals surface area contributed by atoms with Gasteiger partial charge in [0.1, 0.15) is 0 Å². The molecule has 6 heteroatoms. The molecule has 1 aliphatic heterocycles. The molecule has 0 aliphatic carbocycles. The van der Waals surface area contributed by atoms with Crippen molar-refractivity contribution >= 4 is 28.7 Å². The number of rotatable bonds is 4. The minimum Gasteiger partial charge on any atom is -0.395 e. The van der Waals surface area contributed by atoms with Gasteiger partial charge in [0.2, 0.25) is 0 Å². The summed E-state index contributed by atoms with van der Waals surface area (Å²) in [6.07, 6.45) is 0. The highest BCUT2D eigenvalue weighted by atomic mass is 32.1. The van der Waals surface area contributed by atoms with E-state index in [2.05, 4.69) is 4.90 Å². The molecule has 19 heavy (non-hydrogen) atoms. The Kier molecular flexibility index (Phi) is 4.95. The molecular formula is C13H19N3O2S. The SMILES string of the molecule is NC(=S)N(CCO)c1ccc(N2CCOCC2)cc1. The second kappa shape index (κ2) is 6.70. The van der Waals surface area contributed by atoms with Crippen molar-refractivity contribution in [1.29, 1.82) is 0 Å². The largest absolute Gasteiger partial charge is 0.395 e. The standard InChI is InChI=1S/C13H19N3O2S/c14-13(19)16(5-8-17)12-3-1-11(2-4-12)15-6-9-18-10-7-15/h1-4,17H,5-10H2,(H2,14,19). The van der Waals surface area contributed by atoms with E-state index in [0.29, 0.717) is 6.54 Å². The number of anilines is 2. The highest BCUT2D eigenvalue weighted by Crippen LogP contribution is 2.21. The molecule has 1 aliphatic rings. The number of thiocarbonyl (C=S) groups is 1. The number of benzene rings is 1. The van der Waals surface area contributed by atoms with Gasteiger partial charge in [0.25, 0.3) is 0 Å². The Morgan fingerprint density at radius 2 is 1.95 bits per heavy atom. The first-order chi connectivity index (χ1) is 9.22. The second-order valence-corrected chi connectivity index (χ2v) is 4.75. The van der Waals surface area contributed by atoms with Crippen LogP contribution in [0.5, 0.6) is 0 Å². The molecule has 1 saturated heterocycles. The van der Waals surface area contributed by atoms with Gasteiger partial charge < -0.3 is 25.4 Å². The molecule has 1 aromatic rings. The lowest BCUT2D eigenvalue weighted by molar-refractivity contribution is 0.122. The summed E-state index contributed by atoms with van der Waals surface area (Å²) in [5.74, 6) is 0. The highest BCUT2D eigenvalue weighted by molar-refractivity contribution is 7.80. The van der Waals surface area contributed by atoms with E-state index in [1.165, 1.54) is 5.69 Å². The molecule has 0 atom stereocenters. The fourth-order valence-corrected chi connectivity index (χ4v) is 2.33. The zero-order valence-corrected chi connectivity index (χ0v) is 11.6. The monoisotopic (exact) mass is 281 g/mol. The summed E-state index contributed by atoms with van der Waals surface area (Å²) in [5.41, 5.74) is 7.72. The molecule has 1 fully saturated rings. The van der Waals surface area contributed by atoms with Crippen LogP contribution in [0.1, 0.15) is 0 Å². The third-order valence-corrected chi connectivity index (χ3v) is 3.35. The van der Waals surface area contributed by atoms with Crippen LogP contribution in [-0.4, -0.2) is 49.7 Å². The first-order valence-corrected chi connectivity index (χ1v) is 6.74. The van der Waals surface area contributed by atoms with E-state index in [0.717, 1.165) is 32.0 Å². The smallest absolute Gasteiger partial charge is 0.170 e. The Labute approximate surface area is 118 Å². The number of ether oxygens (including phenoxy) is 1. The molecule has 0 amide bonds. The van der Waals surface area contributed by atoms with Crippen LogP contribution in [-0.2, 0) is 4.74 Å². The van der Waals surface area contributed by atoms with E-state index in [4.69, 9.17) is 27.8 Å². The highest BCUT2D eigenvalue weighted by Gasteiger charge is 2.12. The molecule has 104 valence electrons. The van der Waals surface area contributed by atoms with Crippen LogP contribution in [0.25, 0.3) is 0 Å². The molecule has 0 bridgehead atoms. The van der Waals surface area contributed by atoms with E-state index in [1.54, 1.807) is 4.90 Å². The maximum atomic E-state index is 9.03. The van der Waals surface area contributed by atoms with Crippen LogP contribution >= 0.6 is 12.2 Å². The number of aliphatic hydroxyl groups is 1. The molecule has 0 spiro atoms. The molecule has 3 N–H and O–H groups in total. The Balaban J connectivity index is 2.10. The maximum Gasteiger partial charge on any atom is 0.170 e. The summed E-state index contributed by atoms with van der Waals surface area (Å²) < 4.78 is 5.34. The predicted octanol–water partition coefficient (Wildman–Crippen LogP) is 0.565. The third kappa shape index (κ3) is 3.56. The Morgan fingerprint density at radius 3 is 2.47 bits per heavy atom. The van der Waals surface area contributed by atoms with Gasteiger partial charge in [-0.15, -0.1) is 0 Å². The van der Waals surface area contributed by atoms with Gasteiger partial charge in [0, 0.05) is 31.0 Å². The first-order valence-electron chi connectivity index (χ1n) is 6.33. The van der Waals surface area contributed by atoms with E-state index in [1.807, 2.05) is 24.3 Å². The van der Waals surface area contributed by atoms with Crippen LogP contribution in [0.2, 0.25) is 0 Å². The lowest BCUT2D eigenvalue weighted by Crippen LogP contribution is -2.38. The molecule has 0 saturated carbocycles. The Morgan fingerprint density at radius 1 is 1.32 bits per heavy atom. The maximum absolute atomic E-state index is 9.03. The van der Waals surface area contributed by atoms with Gasteiger partial charge >= 0.3 is 0 Å². The van der Waals surface area contributed by atoms with Crippen LogP contribution in [0.15, 0.2) is 24.3 Å². The fourth-order valence-electron chi connectivity index (χ4n) is 2.13. The van der Waals surface area contributed by atoms with E-state index >= 15 is 0 Å². The molecule has 1 heterocycles. The number of aliphatic hydroxyl groups excluding tert-OH is 1. The normalized spacial score (nSPS) is 15.3. The van der Waals surface area contributed by atoms with Crippen molar-refractivity contribution < 1.29 is 9.84 Å². The van der Waals surface area contributed by atoms with Crippen molar-refractivity contribution in [2.45, 2.75) is 0 Å². The predicted molar refractivity (Wildman–Crippen MR) is 80.7 cm³/mol. The zero-order chi connectivity index (χ0) is 13.7. The minimum absolute atomic E-state index is 0.0164. The molecule has 1 aromatic carbocycles. The average molecular weight is 281 g/mol. The van der Waals surface area contributed by atoms with Gasteiger partial charge in [-0.3, -0.25) is 0 Å². The van der Waals surface area contributed by atoms with Crippen molar-refractivity contribution in [1.82, 2.24) is 0 Å². The molecule has 0 radical (unpaired) electrons. The molecule has 0 aromatic heterocycles. The Bertz CT molecular complexity index is 418. The lowest BCUT2D eigenvalue weighted by Gasteiger charge is -2.29. The average Bonchev–Trinajstić information content (AvgIpc) is 2.46. The van der Waals surface area contributed by atoms with Crippen LogP contribution in [0.3, 0.4) is 0 Å². The van der Waals surface area contributed by atoms with Gasteiger partial charge in [-0.05, 0) is 36.5 Å². The quantitative estimate of drug-likeness (QED) is 0.787. The number of hydrogen-bond acceptors (Lipinski definition) is 4. The Hall–Kier alpha value is -1.37. The number of morpholine rings is 1. The lowest BCUT2D eigenvalue weighted by atomic mass is 10.2. The molecule has 5 nitrogen and oxygen atoms in total. The van der Waals surface area contributed by atoms with E-state index in [-0.39, 0.29) is 11.7 Å². The van der Waals surface area contributed by atoms with E-state index < -0.39 is 0 Å². The van der Waals surface area contributed by atoms with Gasteiger partial charge in [0.15, 0.2) is 5.11 Å². The number of hydrogen-bond donors (Lipinski definition) is 2. The topological polar surface area (TPSA) is 62.0 Å². The summed E-state index contributed by atoms with van der Waals surface area (Å²) >= 11 is 4.99. The van der Waals surface area contributed by atoms with Gasteiger partial charge in [-0.2, -0.15) is 0 Å². The first kappa shape index (κ1) is 14.0. The van der Waals surface area contributed by atoms with Crippen molar-refractivity contribution in [3.8, 4) is 0 Å². The third-order valence-electron chi connectivity index (χ3n) is 3.13.